The van der Waals surface area contributed by atoms with Gasteiger partial charge in [-0.3, -0.25) is 4.79 Å². The smallest absolute Gasteiger partial charge is 0.227 e. The highest BCUT2D eigenvalue weighted by molar-refractivity contribution is 5.79. The molecule has 0 radical (unpaired) electrons. The van der Waals surface area contributed by atoms with E-state index in [-0.39, 0.29) is 5.91 Å². The maximum absolute atomic E-state index is 12.4. The molecule has 0 bridgehead atoms. The maximum Gasteiger partial charge on any atom is 0.227 e. The molecule has 2 N–H and O–H groups in total. The lowest BCUT2D eigenvalue weighted by Crippen LogP contribution is -2.31. The molecule has 0 spiro atoms. The molecule has 0 fully saturated rings. The zero-order valence-corrected chi connectivity index (χ0v) is 11.7. The Hall–Kier alpha value is -2.07. The minimum Gasteiger partial charge on any atom is -0.467 e. The van der Waals surface area contributed by atoms with Crippen molar-refractivity contribution < 1.29 is 9.21 Å². The first kappa shape index (κ1) is 14.3. The molecular weight excluding hydrogens is 252 g/mol. The zero-order valence-electron chi connectivity index (χ0n) is 11.7. The topological polar surface area (TPSA) is 59.5 Å². The number of rotatable bonds is 6. The van der Waals surface area contributed by atoms with Gasteiger partial charge in [-0.05, 0) is 30.2 Å². The van der Waals surface area contributed by atoms with E-state index in [9.17, 15) is 4.79 Å². The summed E-state index contributed by atoms with van der Waals surface area (Å²) in [5, 5.41) is 0. The Morgan fingerprint density at radius 3 is 2.55 bits per heavy atom. The van der Waals surface area contributed by atoms with Crippen LogP contribution in [0.3, 0.4) is 0 Å². The number of furan rings is 1. The van der Waals surface area contributed by atoms with E-state index >= 15 is 0 Å². The number of hydrogen-bond acceptors (Lipinski definition) is 3. The summed E-state index contributed by atoms with van der Waals surface area (Å²) in [6, 6.07) is 11.5. The molecule has 4 nitrogen and oxygen atoms in total. The lowest BCUT2D eigenvalue weighted by Gasteiger charge is -2.20. The molecule has 106 valence electrons. The fraction of sp³-hybridized carbons (Fsp3) is 0.312. The predicted octanol–water partition coefficient (Wildman–Crippen LogP) is 2.33. The summed E-state index contributed by atoms with van der Waals surface area (Å²) in [7, 11) is 0. The van der Waals surface area contributed by atoms with Crippen molar-refractivity contribution in [2.45, 2.75) is 26.4 Å². The Morgan fingerprint density at radius 2 is 1.95 bits per heavy atom. The van der Waals surface area contributed by atoms with Crippen LogP contribution in [0, 0.1) is 0 Å². The van der Waals surface area contributed by atoms with Crippen LogP contribution in [0.1, 0.15) is 23.8 Å². The summed E-state index contributed by atoms with van der Waals surface area (Å²) in [4.78, 5) is 14.2. The minimum absolute atomic E-state index is 0.0878. The fourth-order valence-corrected chi connectivity index (χ4v) is 2.17. The Balaban J connectivity index is 2.05. The van der Waals surface area contributed by atoms with Gasteiger partial charge in [-0.2, -0.15) is 0 Å². The van der Waals surface area contributed by atoms with E-state index in [0.717, 1.165) is 16.9 Å². The first-order valence-electron chi connectivity index (χ1n) is 6.81. The molecule has 1 amide bonds. The van der Waals surface area contributed by atoms with Crippen LogP contribution < -0.4 is 5.73 Å². The number of nitrogens with zero attached hydrogens (tertiary/aromatic N) is 1. The van der Waals surface area contributed by atoms with Crippen LogP contribution in [0.5, 0.6) is 0 Å². The van der Waals surface area contributed by atoms with Crippen LogP contribution in [0.15, 0.2) is 47.1 Å². The SMILES string of the molecule is CCN(Cc1ccco1)C(=O)Cc1ccccc1CN. The number of nitrogens with two attached hydrogens (primary N) is 1. The zero-order chi connectivity index (χ0) is 14.4. The average Bonchev–Trinajstić information content (AvgIpc) is 2.98. The van der Waals surface area contributed by atoms with Crippen LogP contribution in [0.2, 0.25) is 0 Å². The van der Waals surface area contributed by atoms with Crippen molar-refractivity contribution in [1.29, 1.82) is 0 Å². The van der Waals surface area contributed by atoms with Gasteiger partial charge >= 0.3 is 0 Å². The summed E-state index contributed by atoms with van der Waals surface area (Å²) in [6.45, 7) is 3.58. The molecule has 20 heavy (non-hydrogen) atoms. The number of carbonyl (C=O) groups excluding carboxylic acids is 1. The van der Waals surface area contributed by atoms with Crippen molar-refractivity contribution in [1.82, 2.24) is 4.90 Å². The third-order valence-corrected chi connectivity index (χ3v) is 3.34. The highest BCUT2D eigenvalue weighted by atomic mass is 16.3. The lowest BCUT2D eigenvalue weighted by atomic mass is 10.0. The standard InChI is InChI=1S/C16H20N2O2/c1-2-18(12-15-8-5-9-20-15)16(19)10-13-6-3-4-7-14(13)11-17/h3-9H,2,10-12,17H2,1H3. The number of benzene rings is 1. The van der Waals surface area contributed by atoms with E-state index in [1.54, 1.807) is 11.2 Å². The van der Waals surface area contributed by atoms with Crippen molar-refractivity contribution in [3.05, 3.63) is 59.5 Å². The van der Waals surface area contributed by atoms with Crippen molar-refractivity contribution in [3.63, 3.8) is 0 Å². The molecule has 0 atom stereocenters. The van der Waals surface area contributed by atoms with E-state index in [2.05, 4.69) is 0 Å². The Bertz CT molecular complexity index is 549. The maximum atomic E-state index is 12.4. The summed E-state index contributed by atoms with van der Waals surface area (Å²) in [5.41, 5.74) is 7.73. The van der Waals surface area contributed by atoms with Crippen molar-refractivity contribution in [2.24, 2.45) is 5.73 Å². The fourth-order valence-electron chi connectivity index (χ4n) is 2.17. The van der Waals surface area contributed by atoms with Gasteiger partial charge in [0.15, 0.2) is 0 Å². The minimum atomic E-state index is 0.0878. The summed E-state index contributed by atoms with van der Waals surface area (Å²) in [5.74, 6) is 0.886. The first-order chi connectivity index (χ1) is 9.74. The van der Waals surface area contributed by atoms with Gasteiger partial charge in [0.1, 0.15) is 5.76 Å². The van der Waals surface area contributed by atoms with Crippen molar-refractivity contribution in [3.8, 4) is 0 Å². The number of likely N-dealkylation sites (N-methyl/N-ethyl adjacent to an activating group) is 1. The van der Waals surface area contributed by atoms with Crippen LogP contribution in [-0.4, -0.2) is 17.4 Å². The molecule has 2 aromatic rings. The molecule has 1 aromatic heterocycles. The molecule has 0 unspecified atom stereocenters. The first-order valence-corrected chi connectivity index (χ1v) is 6.81. The van der Waals surface area contributed by atoms with E-state index < -0.39 is 0 Å². The molecule has 0 aliphatic carbocycles. The molecule has 4 heteroatoms. The van der Waals surface area contributed by atoms with Gasteiger partial charge in [0.05, 0.1) is 19.2 Å². The van der Waals surface area contributed by atoms with Crippen LogP contribution >= 0.6 is 0 Å². The quantitative estimate of drug-likeness (QED) is 0.878. The molecule has 0 saturated carbocycles. The van der Waals surface area contributed by atoms with E-state index in [1.165, 1.54) is 0 Å². The van der Waals surface area contributed by atoms with Gasteiger partial charge in [-0.15, -0.1) is 0 Å². The number of hydrogen-bond donors (Lipinski definition) is 1. The predicted molar refractivity (Wildman–Crippen MR) is 77.8 cm³/mol. The van der Waals surface area contributed by atoms with Gasteiger partial charge in [0.2, 0.25) is 5.91 Å². The molecule has 0 aliphatic rings. The molecule has 2 rings (SSSR count). The number of amides is 1. The highest BCUT2D eigenvalue weighted by Crippen LogP contribution is 2.12. The van der Waals surface area contributed by atoms with Gasteiger partial charge in [0.25, 0.3) is 0 Å². The second kappa shape index (κ2) is 6.91. The molecule has 0 saturated heterocycles. The molecular formula is C16H20N2O2. The monoisotopic (exact) mass is 272 g/mol. The second-order valence-electron chi connectivity index (χ2n) is 4.64. The highest BCUT2D eigenvalue weighted by Gasteiger charge is 2.15. The molecule has 0 aliphatic heterocycles. The third-order valence-electron chi connectivity index (χ3n) is 3.34. The van der Waals surface area contributed by atoms with Gasteiger partial charge in [-0.25, -0.2) is 0 Å². The average molecular weight is 272 g/mol. The van der Waals surface area contributed by atoms with Crippen LogP contribution in [-0.2, 0) is 24.3 Å². The lowest BCUT2D eigenvalue weighted by molar-refractivity contribution is -0.131. The normalized spacial score (nSPS) is 10.5. The summed E-state index contributed by atoms with van der Waals surface area (Å²) < 4.78 is 5.30. The number of carbonyl (C=O) groups is 1. The van der Waals surface area contributed by atoms with Crippen LogP contribution in [0.4, 0.5) is 0 Å². The molecule has 1 heterocycles. The van der Waals surface area contributed by atoms with Crippen LogP contribution in [0.25, 0.3) is 0 Å². The summed E-state index contributed by atoms with van der Waals surface area (Å²) in [6.07, 6.45) is 2.00. The van der Waals surface area contributed by atoms with Gasteiger partial charge < -0.3 is 15.1 Å². The van der Waals surface area contributed by atoms with E-state index in [0.29, 0.717) is 26.1 Å². The Morgan fingerprint density at radius 1 is 1.20 bits per heavy atom. The van der Waals surface area contributed by atoms with Crippen molar-refractivity contribution in [2.75, 3.05) is 6.54 Å². The second-order valence-corrected chi connectivity index (χ2v) is 4.64. The summed E-state index contributed by atoms with van der Waals surface area (Å²) >= 11 is 0. The van der Waals surface area contributed by atoms with Crippen molar-refractivity contribution >= 4 is 5.91 Å². The molecule has 1 aromatic carbocycles. The van der Waals surface area contributed by atoms with Gasteiger partial charge in [0, 0.05) is 13.1 Å². The van der Waals surface area contributed by atoms with Gasteiger partial charge in [-0.1, -0.05) is 24.3 Å². The third kappa shape index (κ3) is 3.48. The Kier molecular flexibility index (Phi) is 4.96. The largest absolute Gasteiger partial charge is 0.467 e. The van der Waals surface area contributed by atoms with E-state index in [1.807, 2.05) is 43.3 Å². The Labute approximate surface area is 119 Å². The van der Waals surface area contributed by atoms with E-state index in [4.69, 9.17) is 10.2 Å².